The summed E-state index contributed by atoms with van der Waals surface area (Å²) in [6, 6.07) is 5.05. The highest BCUT2D eigenvalue weighted by molar-refractivity contribution is 9.10. The minimum atomic E-state index is -3.90. The fourth-order valence-corrected chi connectivity index (χ4v) is 5.75. The molecule has 2 heterocycles. The molecule has 0 radical (unpaired) electrons. The van der Waals surface area contributed by atoms with Crippen LogP contribution in [-0.2, 0) is 16.6 Å². The van der Waals surface area contributed by atoms with E-state index in [-0.39, 0.29) is 30.1 Å². The molecule has 1 saturated heterocycles. The van der Waals surface area contributed by atoms with Gasteiger partial charge in [0.25, 0.3) is 5.56 Å². The van der Waals surface area contributed by atoms with Gasteiger partial charge in [0.2, 0.25) is 10.0 Å². The van der Waals surface area contributed by atoms with Crippen LogP contribution in [0.5, 0.6) is 0 Å². The van der Waals surface area contributed by atoms with Crippen LogP contribution in [0.1, 0.15) is 19.3 Å². The van der Waals surface area contributed by atoms with Crippen molar-refractivity contribution in [3.8, 4) is 0 Å². The van der Waals surface area contributed by atoms with E-state index in [1.54, 1.807) is 18.2 Å². The molecule has 4 rings (SSSR count). The van der Waals surface area contributed by atoms with E-state index >= 15 is 0 Å². The highest BCUT2D eigenvalue weighted by atomic mass is 79.9. The summed E-state index contributed by atoms with van der Waals surface area (Å²) in [7, 11) is -3.90. The van der Waals surface area contributed by atoms with Gasteiger partial charge in [0.05, 0.1) is 0 Å². The number of hydrogen-bond donors (Lipinski definition) is 1. The Kier molecular flexibility index (Phi) is 5.43. The number of nitrogens with zero attached hydrogens (tertiary/aromatic N) is 3. The normalized spacial score (nSPS) is 18.7. The van der Waals surface area contributed by atoms with Crippen LogP contribution in [0.4, 0.5) is 4.79 Å². The van der Waals surface area contributed by atoms with Gasteiger partial charge < -0.3 is 14.6 Å². The molecule has 8 nitrogen and oxygen atoms in total. The van der Waals surface area contributed by atoms with Crippen LogP contribution < -0.4 is 5.56 Å². The van der Waals surface area contributed by atoms with Gasteiger partial charge in [0, 0.05) is 54.2 Å². The Hall–Kier alpha value is -1.91. The van der Waals surface area contributed by atoms with Gasteiger partial charge in [-0.3, -0.25) is 4.79 Å². The number of rotatable bonds is 4. The molecule has 156 valence electrons. The predicted octanol–water partition coefficient (Wildman–Crippen LogP) is 2.55. The van der Waals surface area contributed by atoms with Crippen molar-refractivity contribution >= 4 is 42.8 Å². The topological polar surface area (TPSA) is 99.9 Å². The number of carbonyl (C=O) groups is 1. The summed E-state index contributed by atoms with van der Waals surface area (Å²) < 4.78 is 30.6. The molecule has 2 fully saturated rings. The van der Waals surface area contributed by atoms with E-state index < -0.39 is 16.1 Å². The molecule has 1 aliphatic heterocycles. The summed E-state index contributed by atoms with van der Waals surface area (Å²) in [6.45, 7) is 1.27. The van der Waals surface area contributed by atoms with Crippen molar-refractivity contribution in [1.29, 1.82) is 0 Å². The van der Waals surface area contributed by atoms with E-state index in [0.717, 1.165) is 12.8 Å². The molecule has 1 N–H and O–H groups in total. The van der Waals surface area contributed by atoms with Crippen LogP contribution in [0.25, 0.3) is 10.8 Å². The first-order valence-electron chi connectivity index (χ1n) is 9.58. The third-order valence-corrected chi connectivity index (χ3v) is 7.93. The summed E-state index contributed by atoms with van der Waals surface area (Å²) in [4.78, 5) is 25.5. The number of benzene rings is 1. The Morgan fingerprint density at radius 2 is 1.90 bits per heavy atom. The fraction of sp³-hybridized carbons (Fsp3) is 0.474. The zero-order valence-electron chi connectivity index (χ0n) is 15.8. The smallest absolute Gasteiger partial charge is 0.407 e. The molecule has 0 unspecified atom stereocenters. The first-order valence-corrected chi connectivity index (χ1v) is 11.8. The van der Waals surface area contributed by atoms with E-state index in [1.807, 2.05) is 0 Å². The molecular weight excluding hydrogens is 462 g/mol. The summed E-state index contributed by atoms with van der Waals surface area (Å²) in [6.07, 6.45) is 2.93. The second-order valence-electron chi connectivity index (χ2n) is 7.61. The first-order chi connectivity index (χ1) is 13.8. The maximum atomic E-state index is 13.5. The number of amides is 1. The quantitative estimate of drug-likeness (QED) is 0.719. The number of fused-ring (bicyclic) bond motifs is 1. The van der Waals surface area contributed by atoms with Crippen molar-refractivity contribution in [3.05, 3.63) is 39.2 Å². The number of hydrogen-bond acceptors (Lipinski definition) is 4. The summed E-state index contributed by atoms with van der Waals surface area (Å²) in [5, 5.41) is 9.97. The molecule has 0 spiro atoms. The summed E-state index contributed by atoms with van der Waals surface area (Å²) in [5.74, 6) is 0.415. The van der Waals surface area contributed by atoms with Crippen molar-refractivity contribution in [3.63, 3.8) is 0 Å². The van der Waals surface area contributed by atoms with Gasteiger partial charge in [-0.05, 0) is 43.4 Å². The number of halogens is 1. The third-order valence-electron chi connectivity index (χ3n) is 5.51. The highest BCUT2D eigenvalue weighted by Gasteiger charge is 2.31. The molecule has 0 bridgehead atoms. The van der Waals surface area contributed by atoms with Crippen LogP contribution in [-0.4, -0.2) is 59.6 Å². The van der Waals surface area contributed by atoms with Crippen molar-refractivity contribution in [1.82, 2.24) is 13.8 Å². The number of pyridine rings is 1. The van der Waals surface area contributed by atoms with Gasteiger partial charge in [0.1, 0.15) is 4.90 Å². The Morgan fingerprint density at radius 3 is 2.59 bits per heavy atom. The lowest BCUT2D eigenvalue weighted by atomic mass is 10.2. The number of carboxylic acid groups (broad SMARTS) is 1. The van der Waals surface area contributed by atoms with Gasteiger partial charge in [-0.1, -0.05) is 15.9 Å². The average Bonchev–Trinajstić information content (AvgIpc) is 3.49. The molecule has 0 atom stereocenters. The Bertz CT molecular complexity index is 1130. The molecule has 1 amide bonds. The molecule has 10 heteroatoms. The zero-order valence-corrected chi connectivity index (χ0v) is 18.2. The molecule has 2 aliphatic rings. The predicted molar refractivity (Wildman–Crippen MR) is 112 cm³/mol. The zero-order chi connectivity index (χ0) is 20.8. The lowest BCUT2D eigenvalue weighted by molar-refractivity contribution is 0.147. The van der Waals surface area contributed by atoms with Crippen molar-refractivity contribution in [2.75, 3.05) is 26.2 Å². The van der Waals surface area contributed by atoms with Crippen LogP contribution in [0.15, 0.2) is 38.6 Å². The minimum absolute atomic E-state index is 0.0892. The maximum Gasteiger partial charge on any atom is 0.407 e. The summed E-state index contributed by atoms with van der Waals surface area (Å²) >= 11 is 3.37. The van der Waals surface area contributed by atoms with Crippen LogP contribution >= 0.6 is 15.9 Å². The number of aromatic nitrogens is 1. The Morgan fingerprint density at radius 1 is 1.14 bits per heavy atom. The van der Waals surface area contributed by atoms with Gasteiger partial charge >= 0.3 is 6.09 Å². The van der Waals surface area contributed by atoms with Crippen LogP contribution in [0.2, 0.25) is 0 Å². The largest absolute Gasteiger partial charge is 0.465 e. The maximum absolute atomic E-state index is 13.5. The van der Waals surface area contributed by atoms with Gasteiger partial charge in [-0.15, -0.1) is 0 Å². The molecule has 2 aromatic rings. The van der Waals surface area contributed by atoms with Crippen LogP contribution in [0.3, 0.4) is 0 Å². The molecule has 29 heavy (non-hydrogen) atoms. The average molecular weight is 484 g/mol. The van der Waals surface area contributed by atoms with Gasteiger partial charge in [-0.25, -0.2) is 13.2 Å². The SMILES string of the molecule is O=C(O)N1CCCN(S(=O)(=O)c2cn(CC3CC3)c(=O)c3ccc(Br)cc23)CC1. The van der Waals surface area contributed by atoms with E-state index in [2.05, 4.69) is 15.9 Å². The Balaban J connectivity index is 1.80. The lowest BCUT2D eigenvalue weighted by Gasteiger charge is -2.22. The van der Waals surface area contributed by atoms with E-state index in [1.165, 1.54) is 20.0 Å². The van der Waals surface area contributed by atoms with Crippen molar-refractivity contribution < 1.29 is 18.3 Å². The second-order valence-corrected chi connectivity index (χ2v) is 10.4. The van der Waals surface area contributed by atoms with Crippen molar-refractivity contribution in [2.24, 2.45) is 5.92 Å². The number of sulfonamides is 1. The Labute approximate surface area is 176 Å². The molecule has 1 aromatic heterocycles. The molecule has 1 aliphatic carbocycles. The second kappa shape index (κ2) is 7.73. The van der Waals surface area contributed by atoms with Gasteiger partial charge in [0.15, 0.2) is 0 Å². The van der Waals surface area contributed by atoms with E-state index in [4.69, 9.17) is 0 Å². The first kappa shape index (κ1) is 20.4. The molecule has 1 aromatic carbocycles. The molecule has 1 saturated carbocycles. The monoisotopic (exact) mass is 483 g/mol. The van der Waals surface area contributed by atoms with Gasteiger partial charge in [-0.2, -0.15) is 4.31 Å². The van der Waals surface area contributed by atoms with E-state index in [9.17, 15) is 23.1 Å². The summed E-state index contributed by atoms with van der Waals surface area (Å²) in [5.41, 5.74) is -0.189. The lowest BCUT2D eigenvalue weighted by Crippen LogP contribution is -2.37. The van der Waals surface area contributed by atoms with Crippen LogP contribution in [0, 0.1) is 5.92 Å². The fourth-order valence-electron chi connectivity index (χ4n) is 3.72. The minimum Gasteiger partial charge on any atom is -0.465 e. The van der Waals surface area contributed by atoms with Crippen molar-refractivity contribution in [2.45, 2.75) is 30.7 Å². The third kappa shape index (κ3) is 4.06. The molecular formula is C19H22BrN3O5S. The standard InChI is InChI=1S/C19H22BrN3O5S/c20-14-4-5-15-16(10-14)17(12-22(18(15)24)11-13-2-3-13)29(27,28)23-7-1-6-21(8-9-23)19(25)26/h4-5,10,12-13H,1-3,6-9,11H2,(H,25,26). The van der Waals surface area contributed by atoms with E-state index in [0.29, 0.717) is 40.7 Å². The highest BCUT2D eigenvalue weighted by Crippen LogP contribution is 2.32.